The van der Waals surface area contributed by atoms with E-state index in [0.29, 0.717) is 79.6 Å². The highest BCUT2D eigenvalue weighted by molar-refractivity contribution is 6.30. The number of carbonyl (C=O) groups is 4. The summed E-state index contributed by atoms with van der Waals surface area (Å²) in [6.45, 7) is 34.2. The van der Waals surface area contributed by atoms with Gasteiger partial charge in [-0.3, -0.25) is 19.2 Å². The molecule has 8 heteroatoms. The molecule has 0 aromatic carbocycles. The lowest BCUT2D eigenvalue weighted by Gasteiger charge is -2.31. The Bertz CT molecular complexity index is 2450. The average molecular weight is 899 g/mol. The second kappa shape index (κ2) is 19.0. The predicted octanol–water partition coefficient (Wildman–Crippen LogP) is 10.6. The molecular formula is C58H78N2O6. The molecule has 6 rings (SSSR count). The van der Waals surface area contributed by atoms with Crippen molar-refractivity contribution < 1.29 is 28.0 Å². The monoisotopic (exact) mass is 899 g/mol. The van der Waals surface area contributed by atoms with Crippen molar-refractivity contribution in [1.82, 2.24) is 9.80 Å². The number of hydrogen-bond acceptors (Lipinski definition) is 6. The van der Waals surface area contributed by atoms with Crippen LogP contribution >= 0.6 is 0 Å². The molecule has 66 heavy (non-hydrogen) atoms. The highest BCUT2D eigenvalue weighted by Gasteiger charge is 2.51. The lowest BCUT2D eigenvalue weighted by molar-refractivity contribution is -0.124. The summed E-state index contributed by atoms with van der Waals surface area (Å²) in [5.41, 5.74) is 6.40. The zero-order valence-electron chi connectivity index (χ0n) is 43.2. The molecule has 2 atom stereocenters. The zero-order valence-corrected chi connectivity index (χ0v) is 43.2. The molecule has 0 saturated carbocycles. The Balaban J connectivity index is 1.69. The Morgan fingerprint density at radius 1 is 0.455 bits per heavy atom. The van der Waals surface area contributed by atoms with Crippen molar-refractivity contribution in [3.05, 3.63) is 104 Å². The van der Waals surface area contributed by atoms with E-state index in [1.165, 1.54) is 0 Å². The number of furan rings is 2. The van der Waals surface area contributed by atoms with Crippen LogP contribution in [0, 0.1) is 33.5 Å². The molecule has 0 unspecified atom stereocenters. The van der Waals surface area contributed by atoms with Gasteiger partial charge < -0.3 is 18.6 Å². The predicted molar refractivity (Wildman–Crippen MR) is 267 cm³/mol. The van der Waals surface area contributed by atoms with Gasteiger partial charge in [0.1, 0.15) is 22.2 Å². The van der Waals surface area contributed by atoms with E-state index in [1.807, 2.05) is 48.6 Å². The van der Waals surface area contributed by atoms with Crippen LogP contribution in [0.3, 0.4) is 0 Å². The standard InChI is InChI=1S/C58H78N2O6/c1-17-21-23-35(19-3)33-59-49(45-27-25-43(65-45)37-29-39(55(5,6)7)51(61)40(30-37)56(8,9)10)47-48(53(59)63)50(60(54(47)64)34-36(20-4)24-22-18-2)46-28-26-44(66-46)38-31-41(57(11,12)13)52(62)42(32-38)58(14,15)16/h25-32,35-36H,17-24,33-34H2,1-16H3/b49-45-,50-46-/t35-,36+. The summed E-state index contributed by atoms with van der Waals surface area (Å²) in [5.74, 6) is 0.00854. The first kappa shape index (κ1) is 50.4. The van der Waals surface area contributed by atoms with Gasteiger partial charge in [-0.1, -0.05) is 149 Å². The van der Waals surface area contributed by atoms with E-state index in [0.717, 1.165) is 62.5 Å². The number of carbonyl (C=O) groups excluding carboxylic acids is 4. The van der Waals surface area contributed by atoms with Gasteiger partial charge in [0.25, 0.3) is 11.8 Å². The Labute approximate surface area is 394 Å². The normalized spacial score (nSPS) is 20.4. The summed E-state index contributed by atoms with van der Waals surface area (Å²) in [7, 11) is 0. The minimum absolute atomic E-state index is 0.0387. The molecule has 2 aliphatic carbocycles. The SMILES string of the molecule is CCCC[C@@H](CC)CN1C(=O)C2=C(C(=O)N(C[C@@H](CC)CCCC)/C2=c2/ccc(=C3C=C(C(C)(C)C)C(=O)C(C(C)(C)C)=C3)o2)/C1=c1\ccc(=C2C=C(C(C)(C)C)C(=O)C(C(C)(C)C)=C2)o1. The average Bonchev–Trinajstić information content (AvgIpc) is 4.02. The summed E-state index contributed by atoms with van der Waals surface area (Å²) < 4.78 is 13.7. The van der Waals surface area contributed by atoms with Gasteiger partial charge in [-0.15, -0.1) is 0 Å². The Kier molecular flexibility index (Phi) is 14.5. The third-order valence-electron chi connectivity index (χ3n) is 13.8. The number of unbranched alkanes of at least 4 members (excludes halogenated alkanes) is 2. The topological polar surface area (TPSA) is 101 Å². The largest absolute Gasteiger partial charge is 0.455 e. The van der Waals surface area contributed by atoms with Crippen LogP contribution in [0.2, 0.25) is 0 Å². The molecule has 0 fully saturated rings. The summed E-state index contributed by atoms with van der Waals surface area (Å²) in [4.78, 5) is 62.3. The molecule has 0 radical (unpaired) electrons. The minimum Gasteiger partial charge on any atom is -0.455 e. The van der Waals surface area contributed by atoms with Crippen LogP contribution in [-0.2, 0) is 19.2 Å². The third kappa shape index (κ3) is 9.99. The third-order valence-corrected chi connectivity index (χ3v) is 13.8. The van der Waals surface area contributed by atoms with Gasteiger partial charge in [-0.05, 0) is 94.9 Å². The van der Waals surface area contributed by atoms with Crippen molar-refractivity contribution >= 4 is 45.9 Å². The van der Waals surface area contributed by atoms with Crippen LogP contribution in [0.25, 0.3) is 22.5 Å². The molecule has 0 saturated heterocycles. The van der Waals surface area contributed by atoms with E-state index >= 15 is 9.59 Å². The summed E-state index contributed by atoms with van der Waals surface area (Å²) >= 11 is 0. The fourth-order valence-electron chi connectivity index (χ4n) is 9.62. The lowest BCUT2D eigenvalue weighted by Crippen LogP contribution is -2.40. The van der Waals surface area contributed by atoms with Crippen molar-refractivity contribution in [2.75, 3.05) is 13.1 Å². The molecule has 2 aromatic rings. The second-order valence-corrected chi connectivity index (χ2v) is 23.2. The number of rotatable bonds is 12. The number of ketones is 2. The van der Waals surface area contributed by atoms with Crippen molar-refractivity contribution in [2.24, 2.45) is 33.5 Å². The van der Waals surface area contributed by atoms with Crippen LogP contribution in [0.15, 0.2) is 90.8 Å². The minimum atomic E-state index is -0.409. The summed E-state index contributed by atoms with van der Waals surface area (Å²) in [6, 6.07) is 7.56. The molecule has 0 spiro atoms. The van der Waals surface area contributed by atoms with Gasteiger partial charge in [0.2, 0.25) is 0 Å². The first-order valence-corrected chi connectivity index (χ1v) is 24.8. The second-order valence-electron chi connectivity index (χ2n) is 23.2. The van der Waals surface area contributed by atoms with Gasteiger partial charge in [-0.25, -0.2) is 0 Å². The van der Waals surface area contributed by atoms with Crippen LogP contribution in [-0.4, -0.2) is 46.3 Å². The molecule has 4 heterocycles. The quantitative estimate of drug-likeness (QED) is 0.210. The Morgan fingerprint density at radius 2 is 0.742 bits per heavy atom. The van der Waals surface area contributed by atoms with Crippen molar-refractivity contribution in [2.45, 2.75) is 162 Å². The maximum absolute atomic E-state index is 15.4. The molecule has 2 amide bonds. The molecule has 0 bridgehead atoms. The first-order valence-electron chi connectivity index (χ1n) is 24.8. The van der Waals surface area contributed by atoms with Crippen molar-refractivity contribution in [3.63, 3.8) is 0 Å². The van der Waals surface area contributed by atoms with Gasteiger partial charge in [0.15, 0.2) is 22.4 Å². The van der Waals surface area contributed by atoms with Gasteiger partial charge >= 0.3 is 0 Å². The van der Waals surface area contributed by atoms with Crippen LogP contribution in [0.1, 0.15) is 162 Å². The molecule has 2 aromatic heterocycles. The Morgan fingerprint density at radius 3 is 1.00 bits per heavy atom. The van der Waals surface area contributed by atoms with Gasteiger partial charge in [0.05, 0.1) is 11.1 Å². The van der Waals surface area contributed by atoms with Crippen molar-refractivity contribution in [3.8, 4) is 0 Å². The zero-order chi connectivity index (χ0) is 48.8. The smallest absolute Gasteiger partial charge is 0.261 e. The van der Waals surface area contributed by atoms with Crippen molar-refractivity contribution in [1.29, 1.82) is 0 Å². The highest BCUT2D eigenvalue weighted by atomic mass is 16.3. The molecule has 2 aliphatic heterocycles. The molecular weight excluding hydrogens is 821 g/mol. The van der Waals surface area contributed by atoms with E-state index in [1.54, 1.807) is 9.80 Å². The van der Waals surface area contributed by atoms with E-state index in [9.17, 15) is 9.59 Å². The number of amides is 2. The van der Waals surface area contributed by atoms with Gasteiger partial charge in [-0.2, -0.15) is 0 Å². The summed E-state index contributed by atoms with van der Waals surface area (Å²) in [5, 5.41) is 0. The molecule has 356 valence electrons. The number of hydrogen-bond donors (Lipinski definition) is 0. The Hall–Kier alpha value is -4.98. The fourth-order valence-corrected chi connectivity index (χ4v) is 9.62. The maximum Gasteiger partial charge on any atom is 0.261 e. The number of nitrogens with zero attached hydrogens (tertiary/aromatic N) is 2. The number of allylic oxidation sites excluding steroid dienone is 8. The first-order chi connectivity index (χ1) is 30.8. The van der Waals surface area contributed by atoms with Crippen LogP contribution in [0.5, 0.6) is 0 Å². The maximum atomic E-state index is 15.4. The number of Topliss-reactive ketones (excluding diaryl/α,β-unsaturated/α-hetero) is 2. The van der Waals surface area contributed by atoms with Crippen LogP contribution < -0.4 is 21.7 Å². The lowest BCUT2D eigenvalue weighted by atomic mass is 9.72. The molecule has 8 nitrogen and oxygen atoms in total. The van der Waals surface area contributed by atoms with E-state index < -0.39 is 21.7 Å². The molecule has 4 aliphatic rings. The fraction of sp³-hybridized carbons (Fsp3) is 0.552. The van der Waals surface area contributed by atoms with E-state index in [2.05, 4.69) is 111 Å². The van der Waals surface area contributed by atoms with E-state index in [4.69, 9.17) is 8.83 Å². The van der Waals surface area contributed by atoms with Crippen LogP contribution in [0.4, 0.5) is 0 Å². The van der Waals surface area contributed by atoms with E-state index in [-0.39, 0.29) is 35.2 Å². The summed E-state index contributed by atoms with van der Waals surface area (Å²) in [6.07, 6.45) is 15.6. The molecule has 0 N–H and O–H groups in total. The van der Waals surface area contributed by atoms with Gasteiger partial charge in [0, 0.05) is 46.5 Å². The highest BCUT2D eigenvalue weighted by Crippen LogP contribution is 2.45.